The molecule has 1 nitrogen and oxygen atoms in total. The standard InChI is InChI=1S/C9H11ClOS/c1-6(11)7-4-3-5-8(10)9(7)12-2/h3-6,11H,1-2H3. The first-order chi connectivity index (χ1) is 5.66. The summed E-state index contributed by atoms with van der Waals surface area (Å²) in [6.45, 7) is 1.74. The molecule has 1 atom stereocenters. The third kappa shape index (κ3) is 1.94. The van der Waals surface area contributed by atoms with Gasteiger partial charge in [0.1, 0.15) is 0 Å². The largest absolute Gasteiger partial charge is 0.389 e. The molecule has 66 valence electrons. The third-order valence-corrected chi connectivity index (χ3v) is 2.94. The minimum absolute atomic E-state index is 0.453. The molecule has 1 unspecified atom stereocenters. The van der Waals surface area contributed by atoms with Gasteiger partial charge in [-0.2, -0.15) is 0 Å². The summed E-state index contributed by atoms with van der Waals surface area (Å²) in [6.07, 6.45) is 1.50. The molecule has 0 bridgehead atoms. The molecule has 0 spiro atoms. The van der Waals surface area contributed by atoms with Crippen LogP contribution < -0.4 is 0 Å². The fraction of sp³-hybridized carbons (Fsp3) is 0.333. The van der Waals surface area contributed by atoms with E-state index in [1.54, 1.807) is 18.7 Å². The maximum absolute atomic E-state index is 9.39. The highest BCUT2D eigenvalue weighted by Crippen LogP contribution is 2.32. The van der Waals surface area contributed by atoms with E-state index >= 15 is 0 Å². The molecule has 1 N–H and O–H groups in total. The van der Waals surface area contributed by atoms with Gasteiger partial charge >= 0.3 is 0 Å². The quantitative estimate of drug-likeness (QED) is 0.744. The van der Waals surface area contributed by atoms with Crippen molar-refractivity contribution in [3.63, 3.8) is 0 Å². The predicted octanol–water partition coefficient (Wildman–Crippen LogP) is 3.12. The van der Waals surface area contributed by atoms with Crippen LogP contribution in [-0.2, 0) is 0 Å². The Hall–Kier alpha value is -0.180. The normalized spacial score (nSPS) is 13.0. The molecule has 0 aliphatic heterocycles. The van der Waals surface area contributed by atoms with Crippen molar-refractivity contribution in [3.8, 4) is 0 Å². The summed E-state index contributed by atoms with van der Waals surface area (Å²) < 4.78 is 0. The Kier molecular flexibility index (Phi) is 3.44. The van der Waals surface area contributed by atoms with Crippen LogP contribution in [0.1, 0.15) is 18.6 Å². The minimum Gasteiger partial charge on any atom is -0.389 e. The van der Waals surface area contributed by atoms with Crippen molar-refractivity contribution in [2.75, 3.05) is 6.26 Å². The lowest BCUT2D eigenvalue weighted by Crippen LogP contribution is -1.93. The van der Waals surface area contributed by atoms with E-state index in [2.05, 4.69) is 0 Å². The van der Waals surface area contributed by atoms with E-state index in [9.17, 15) is 5.11 Å². The van der Waals surface area contributed by atoms with Gasteiger partial charge in [-0.25, -0.2) is 0 Å². The lowest BCUT2D eigenvalue weighted by atomic mass is 10.1. The number of thioether (sulfide) groups is 1. The van der Waals surface area contributed by atoms with Crippen molar-refractivity contribution in [2.45, 2.75) is 17.9 Å². The van der Waals surface area contributed by atoms with Crippen molar-refractivity contribution in [1.82, 2.24) is 0 Å². The fourth-order valence-electron chi connectivity index (χ4n) is 1.07. The molecule has 1 rings (SSSR count). The number of aliphatic hydroxyl groups is 1. The summed E-state index contributed by atoms with van der Waals surface area (Å²) in [5, 5.41) is 10.1. The van der Waals surface area contributed by atoms with E-state index in [0.29, 0.717) is 5.02 Å². The smallest absolute Gasteiger partial charge is 0.0773 e. The van der Waals surface area contributed by atoms with Crippen molar-refractivity contribution in [3.05, 3.63) is 28.8 Å². The van der Waals surface area contributed by atoms with E-state index in [4.69, 9.17) is 11.6 Å². The van der Waals surface area contributed by atoms with Crippen LogP contribution in [0.2, 0.25) is 5.02 Å². The van der Waals surface area contributed by atoms with Crippen LogP contribution in [0.15, 0.2) is 23.1 Å². The molecule has 0 saturated carbocycles. The van der Waals surface area contributed by atoms with Crippen molar-refractivity contribution >= 4 is 23.4 Å². The van der Waals surface area contributed by atoms with Gasteiger partial charge in [0.25, 0.3) is 0 Å². The summed E-state index contributed by atoms with van der Waals surface area (Å²) in [6, 6.07) is 5.58. The second kappa shape index (κ2) is 4.17. The van der Waals surface area contributed by atoms with E-state index in [0.717, 1.165) is 10.5 Å². The molecular weight excluding hydrogens is 192 g/mol. The average molecular weight is 203 g/mol. The highest BCUT2D eigenvalue weighted by Gasteiger charge is 2.09. The lowest BCUT2D eigenvalue weighted by molar-refractivity contribution is 0.196. The van der Waals surface area contributed by atoms with Gasteiger partial charge in [-0.15, -0.1) is 11.8 Å². The molecule has 0 heterocycles. The van der Waals surface area contributed by atoms with Gasteiger partial charge in [-0.05, 0) is 24.8 Å². The molecule has 0 aliphatic rings. The first-order valence-corrected chi connectivity index (χ1v) is 5.27. The molecule has 0 aromatic heterocycles. The summed E-state index contributed by atoms with van der Waals surface area (Å²) in [4.78, 5) is 0.967. The summed E-state index contributed by atoms with van der Waals surface area (Å²) in [7, 11) is 0. The predicted molar refractivity (Wildman–Crippen MR) is 53.9 cm³/mol. The Balaban J connectivity index is 3.18. The molecule has 1 aromatic carbocycles. The molecular formula is C9H11ClOS. The van der Waals surface area contributed by atoms with Crippen LogP contribution in [0, 0.1) is 0 Å². The number of rotatable bonds is 2. The van der Waals surface area contributed by atoms with Crippen LogP contribution in [0.5, 0.6) is 0 Å². The van der Waals surface area contributed by atoms with Crippen LogP contribution in [0.25, 0.3) is 0 Å². The van der Waals surface area contributed by atoms with Crippen molar-refractivity contribution < 1.29 is 5.11 Å². The van der Waals surface area contributed by atoms with Crippen LogP contribution in [-0.4, -0.2) is 11.4 Å². The van der Waals surface area contributed by atoms with E-state index in [1.807, 2.05) is 24.5 Å². The first kappa shape index (κ1) is 9.90. The van der Waals surface area contributed by atoms with Crippen molar-refractivity contribution in [1.29, 1.82) is 0 Å². The highest BCUT2D eigenvalue weighted by molar-refractivity contribution is 7.98. The number of hydrogen-bond donors (Lipinski definition) is 1. The van der Waals surface area contributed by atoms with E-state index in [1.165, 1.54) is 0 Å². The van der Waals surface area contributed by atoms with Gasteiger partial charge in [0.15, 0.2) is 0 Å². The molecule has 0 radical (unpaired) electrons. The Labute approximate surface area is 81.7 Å². The van der Waals surface area contributed by atoms with Crippen molar-refractivity contribution in [2.24, 2.45) is 0 Å². The first-order valence-electron chi connectivity index (χ1n) is 3.67. The maximum atomic E-state index is 9.39. The zero-order valence-electron chi connectivity index (χ0n) is 7.04. The van der Waals surface area contributed by atoms with Gasteiger partial charge in [-0.3, -0.25) is 0 Å². The Morgan fingerprint density at radius 3 is 2.58 bits per heavy atom. The van der Waals surface area contributed by atoms with Crippen LogP contribution in [0.4, 0.5) is 0 Å². The Morgan fingerprint density at radius 2 is 2.17 bits per heavy atom. The Morgan fingerprint density at radius 1 is 1.50 bits per heavy atom. The van der Waals surface area contributed by atoms with Gasteiger partial charge in [0.05, 0.1) is 11.1 Å². The summed E-state index contributed by atoms with van der Waals surface area (Å²) in [5.74, 6) is 0. The molecule has 0 fully saturated rings. The molecule has 0 saturated heterocycles. The van der Waals surface area contributed by atoms with Gasteiger partial charge in [-0.1, -0.05) is 23.7 Å². The molecule has 3 heteroatoms. The second-order valence-electron chi connectivity index (χ2n) is 2.54. The third-order valence-electron chi connectivity index (χ3n) is 1.65. The van der Waals surface area contributed by atoms with Gasteiger partial charge in [0.2, 0.25) is 0 Å². The van der Waals surface area contributed by atoms with E-state index in [-0.39, 0.29) is 0 Å². The van der Waals surface area contributed by atoms with Crippen LogP contribution >= 0.6 is 23.4 Å². The van der Waals surface area contributed by atoms with Crippen LogP contribution in [0.3, 0.4) is 0 Å². The maximum Gasteiger partial charge on any atom is 0.0773 e. The second-order valence-corrected chi connectivity index (χ2v) is 3.76. The summed E-state index contributed by atoms with van der Waals surface area (Å²) in [5.41, 5.74) is 0.898. The molecule has 0 aliphatic carbocycles. The SMILES string of the molecule is CSc1c(Cl)cccc1C(C)O. The number of hydrogen-bond acceptors (Lipinski definition) is 2. The van der Waals surface area contributed by atoms with Gasteiger partial charge in [0, 0.05) is 4.90 Å². The lowest BCUT2D eigenvalue weighted by Gasteiger charge is -2.10. The van der Waals surface area contributed by atoms with Gasteiger partial charge < -0.3 is 5.11 Å². The Bertz CT molecular complexity index is 273. The summed E-state index contributed by atoms with van der Waals surface area (Å²) >= 11 is 7.50. The molecule has 0 amide bonds. The highest BCUT2D eigenvalue weighted by atomic mass is 35.5. The average Bonchev–Trinajstić information content (AvgIpc) is 2.03. The zero-order chi connectivity index (χ0) is 9.14. The zero-order valence-corrected chi connectivity index (χ0v) is 8.62. The minimum atomic E-state index is -0.453. The monoisotopic (exact) mass is 202 g/mol. The topological polar surface area (TPSA) is 20.2 Å². The molecule has 1 aromatic rings. The number of aliphatic hydroxyl groups excluding tert-OH is 1. The fourth-order valence-corrected chi connectivity index (χ4v) is 2.22. The number of benzene rings is 1. The number of halogens is 1. The van der Waals surface area contributed by atoms with E-state index < -0.39 is 6.10 Å². The molecule has 12 heavy (non-hydrogen) atoms.